The van der Waals surface area contributed by atoms with Gasteiger partial charge in [0.2, 0.25) is 10.0 Å². The van der Waals surface area contributed by atoms with E-state index in [0.29, 0.717) is 25.8 Å². The van der Waals surface area contributed by atoms with E-state index in [9.17, 15) is 8.42 Å². The molecule has 0 aliphatic rings. The van der Waals surface area contributed by atoms with E-state index in [-0.39, 0.29) is 17.0 Å². The average molecular weight is 265 g/mol. The lowest BCUT2D eigenvalue weighted by Crippen LogP contribution is -2.29. The monoisotopic (exact) mass is 265 g/mol. The van der Waals surface area contributed by atoms with Crippen LogP contribution in [0.1, 0.15) is 40.0 Å². The smallest absolute Gasteiger partial charge is 0.211 e. The molecule has 0 aliphatic heterocycles. The summed E-state index contributed by atoms with van der Waals surface area (Å²) in [5.74, 6) is 0.235. The van der Waals surface area contributed by atoms with E-state index < -0.39 is 10.0 Å². The van der Waals surface area contributed by atoms with Crippen LogP contribution in [0.25, 0.3) is 0 Å². The summed E-state index contributed by atoms with van der Waals surface area (Å²) in [5.41, 5.74) is 5.26. The van der Waals surface area contributed by atoms with Crippen LogP contribution in [-0.2, 0) is 10.0 Å². The minimum atomic E-state index is -3.21. The lowest BCUT2D eigenvalue weighted by Gasteiger charge is -2.17. The highest BCUT2D eigenvalue weighted by Gasteiger charge is 2.16. The molecule has 0 bridgehead atoms. The van der Waals surface area contributed by atoms with Crippen molar-refractivity contribution in [2.24, 2.45) is 16.3 Å². The first kappa shape index (κ1) is 16.2. The molecule has 102 valence electrons. The Hall–Kier alpha value is -0.820. The molecule has 0 aliphatic carbocycles. The molecule has 0 amide bonds. The van der Waals surface area contributed by atoms with Crippen molar-refractivity contribution >= 4 is 15.9 Å². The van der Waals surface area contributed by atoms with Crippen molar-refractivity contribution in [3.63, 3.8) is 0 Å². The second kappa shape index (κ2) is 6.80. The molecule has 0 fully saturated rings. The van der Waals surface area contributed by atoms with Crippen molar-refractivity contribution < 1.29 is 13.6 Å². The Morgan fingerprint density at radius 1 is 1.41 bits per heavy atom. The predicted octanol–water partition coefficient (Wildman–Crippen LogP) is 0.869. The summed E-state index contributed by atoms with van der Waals surface area (Å²) in [6.07, 6.45) is 1.51. The molecule has 0 aromatic heterocycles. The molecular formula is C10H23N3O3S. The molecule has 4 N–H and O–H groups in total. The van der Waals surface area contributed by atoms with E-state index in [1.807, 2.05) is 20.8 Å². The maximum Gasteiger partial charge on any atom is 0.211 e. The third-order valence-corrected chi connectivity index (χ3v) is 3.57. The van der Waals surface area contributed by atoms with Gasteiger partial charge in [-0.1, -0.05) is 25.9 Å². The highest BCUT2D eigenvalue weighted by atomic mass is 32.2. The molecule has 0 aromatic rings. The normalized spacial score (nSPS) is 13.9. The van der Waals surface area contributed by atoms with Gasteiger partial charge in [0.15, 0.2) is 0 Å². The zero-order valence-corrected chi connectivity index (χ0v) is 11.5. The van der Waals surface area contributed by atoms with Gasteiger partial charge in [0.05, 0.1) is 5.75 Å². The fraction of sp³-hybridized carbons (Fsp3) is 0.900. The molecule has 0 rings (SSSR count). The first-order valence-electron chi connectivity index (χ1n) is 5.60. The van der Waals surface area contributed by atoms with Crippen LogP contribution >= 0.6 is 0 Å². The second-order valence-electron chi connectivity index (χ2n) is 5.22. The van der Waals surface area contributed by atoms with Crippen LogP contribution in [0.2, 0.25) is 0 Å². The summed E-state index contributed by atoms with van der Waals surface area (Å²) >= 11 is 0. The number of nitrogens with two attached hydrogens (primary N) is 1. The first-order chi connectivity index (χ1) is 7.66. The van der Waals surface area contributed by atoms with Gasteiger partial charge in [-0.2, -0.15) is 0 Å². The van der Waals surface area contributed by atoms with Crippen molar-refractivity contribution in [1.29, 1.82) is 0 Å². The Bertz CT molecular complexity index is 344. The first-order valence-corrected chi connectivity index (χ1v) is 7.25. The van der Waals surface area contributed by atoms with Crippen molar-refractivity contribution in [2.45, 2.75) is 40.0 Å². The van der Waals surface area contributed by atoms with Gasteiger partial charge in [-0.05, 0) is 18.3 Å². The molecule has 0 spiro atoms. The van der Waals surface area contributed by atoms with Gasteiger partial charge in [0, 0.05) is 13.0 Å². The van der Waals surface area contributed by atoms with E-state index in [2.05, 4.69) is 9.88 Å². The number of sulfonamides is 1. The van der Waals surface area contributed by atoms with Crippen molar-refractivity contribution in [3.05, 3.63) is 0 Å². The molecule has 0 atom stereocenters. The topological polar surface area (TPSA) is 105 Å². The standard InChI is InChI=1S/C10H23N3O3S/c1-10(2,3)6-8-17(15,16)12-7-4-5-9(11)13-14/h12,14H,4-8H2,1-3H3,(H2,11,13). The van der Waals surface area contributed by atoms with E-state index in [1.54, 1.807) is 0 Å². The molecule has 0 aromatic carbocycles. The van der Waals surface area contributed by atoms with Gasteiger partial charge in [0.1, 0.15) is 5.84 Å². The third-order valence-electron chi connectivity index (χ3n) is 2.18. The molecule has 7 heteroatoms. The van der Waals surface area contributed by atoms with Gasteiger partial charge in [-0.3, -0.25) is 0 Å². The minimum absolute atomic E-state index is 0.00270. The van der Waals surface area contributed by atoms with E-state index in [4.69, 9.17) is 10.9 Å². The van der Waals surface area contributed by atoms with Gasteiger partial charge in [-0.15, -0.1) is 0 Å². The molecular weight excluding hydrogens is 242 g/mol. The summed E-state index contributed by atoms with van der Waals surface area (Å²) in [6, 6.07) is 0. The summed E-state index contributed by atoms with van der Waals surface area (Å²) in [4.78, 5) is 0. The Kier molecular flexibility index (Phi) is 6.48. The molecule has 0 saturated carbocycles. The minimum Gasteiger partial charge on any atom is -0.409 e. The van der Waals surface area contributed by atoms with Crippen LogP contribution < -0.4 is 10.5 Å². The fourth-order valence-corrected chi connectivity index (χ4v) is 2.54. The molecule has 0 saturated heterocycles. The molecule has 0 radical (unpaired) electrons. The maximum atomic E-state index is 11.6. The van der Waals surface area contributed by atoms with Gasteiger partial charge < -0.3 is 10.9 Å². The third kappa shape index (κ3) is 10.1. The quantitative estimate of drug-likeness (QED) is 0.209. The highest BCUT2D eigenvalue weighted by molar-refractivity contribution is 7.89. The number of nitrogens with zero attached hydrogens (tertiary/aromatic N) is 1. The lowest BCUT2D eigenvalue weighted by atomic mass is 9.94. The Morgan fingerprint density at radius 3 is 2.47 bits per heavy atom. The zero-order valence-electron chi connectivity index (χ0n) is 10.7. The molecule has 6 nitrogen and oxygen atoms in total. The Balaban J connectivity index is 3.87. The number of rotatable bonds is 7. The highest BCUT2D eigenvalue weighted by Crippen LogP contribution is 2.18. The van der Waals surface area contributed by atoms with Gasteiger partial charge >= 0.3 is 0 Å². The lowest BCUT2D eigenvalue weighted by molar-refractivity contribution is 0.316. The van der Waals surface area contributed by atoms with Crippen LogP contribution in [0.4, 0.5) is 0 Å². The largest absolute Gasteiger partial charge is 0.409 e. The van der Waals surface area contributed by atoms with Crippen molar-refractivity contribution in [2.75, 3.05) is 12.3 Å². The van der Waals surface area contributed by atoms with E-state index >= 15 is 0 Å². The summed E-state index contributed by atoms with van der Waals surface area (Å²) < 4.78 is 25.6. The van der Waals surface area contributed by atoms with Gasteiger partial charge in [0.25, 0.3) is 0 Å². The van der Waals surface area contributed by atoms with E-state index in [0.717, 1.165) is 0 Å². The SMILES string of the molecule is CC(C)(C)CCS(=O)(=O)NCCCC(N)=NO. The number of oxime groups is 1. The fourth-order valence-electron chi connectivity index (χ4n) is 1.06. The molecule has 17 heavy (non-hydrogen) atoms. The maximum absolute atomic E-state index is 11.6. The summed E-state index contributed by atoms with van der Waals surface area (Å²) in [7, 11) is -3.21. The number of amidine groups is 1. The predicted molar refractivity (Wildman–Crippen MR) is 68.5 cm³/mol. The van der Waals surface area contributed by atoms with Crippen LogP contribution in [0, 0.1) is 5.41 Å². The number of hydrogen-bond acceptors (Lipinski definition) is 4. The van der Waals surface area contributed by atoms with Crippen LogP contribution in [0.3, 0.4) is 0 Å². The van der Waals surface area contributed by atoms with Crippen LogP contribution in [0.5, 0.6) is 0 Å². The molecule has 0 heterocycles. The van der Waals surface area contributed by atoms with Crippen molar-refractivity contribution in [1.82, 2.24) is 4.72 Å². The van der Waals surface area contributed by atoms with Gasteiger partial charge in [-0.25, -0.2) is 13.1 Å². The molecule has 0 unspecified atom stereocenters. The average Bonchev–Trinajstić information content (AvgIpc) is 2.20. The Labute approximate surface area is 103 Å². The zero-order chi connectivity index (χ0) is 13.5. The van der Waals surface area contributed by atoms with Crippen LogP contribution in [0.15, 0.2) is 5.16 Å². The van der Waals surface area contributed by atoms with E-state index in [1.165, 1.54) is 0 Å². The number of nitrogens with one attached hydrogen (secondary N) is 1. The Morgan fingerprint density at radius 2 is 2.00 bits per heavy atom. The summed E-state index contributed by atoms with van der Waals surface area (Å²) in [6.45, 7) is 6.31. The number of hydrogen-bond donors (Lipinski definition) is 3. The summed E-state index contributed by atoms with van der Waals surface area (Å²) in [5, 5.41) is 11.1. The second-order valence-corrected chi connectivity index (χ2v) is 7.15. The van der Waals surface area contributed by atoms with Crippen molar-refractivity contribution in [3.8, 4) is 0 Å². The van der Waals surface area contributed by atoms with Crippen LogP contribution in [-0.4, -0.2) is 31.8 Å².